The van der Waals surface area contributed by atoms with Crippen LogP contribution in [0.15, 0.2) is 12.1 Å². The first kappa shape index (κ1) is 18.9. The second kappa shape index (κ2) is 7.80. The van der Waals surface area contributed by atoms with Gasteiger partial charge in [0, 0.05) is 36.8 Å². The van der Waals surface area contributed by atoms with Crippen LogP contribution in [0.3, 0.4) is 0 Å². The van der Waals surface area contributed by atoms with Gasteiger partial charge in [0.15, 0.2) is 0 Å². The normalized spacial score (nSPS) is 18.2. The SMILES string of the molecule is CCc1[nH]c2c(CNC(=O)CN3CC[C@H](N(C)C)C3)cc(C)cc2c1C. The van der Waals surface area contributed by atoms with Crippen LogP contribution in [0.1, 0.15) is 35.7 Å². The molecule has 1 fully saturated rings. The highest BCUT2D eigenvalue weighted by Gasteiger charge is 2.25. The molecule has 1 atom stereocenters. The number of carbonyl (C=O) groups is 1. The molecule has 1 amide bonds. The van der Waals surface area contributed by atoms with Gasteiger partial charge in [0.25, 0.3) is 0 Å². The predicted octanol–water partition coefficient (Wildman–Crippen LogP) is 2.60. The van der Waals surface area contributed by atoms with Crippen LogP contribution in [0.2, 0.25) is 0 Å². The molecule has 0 radical (unpaired) electrons. The van der Waals surface area contributed by atoms with Crippen molar-refractivity contribution < 1.29 is 4.79 Å². The highest BCUT2D eigenvalue weighted by Crippen LogP contribution is 2.26. The molecule has 142 valence electrons. The summed E-state index contributed by atoms with van der Waals surface area (Å²) < 4.78 is 0. The van der Waals surface area contributed by atoms with Crippen molar-refractivity contribution in [2.45, 2.75) is 46.2 Å². The van der Waals surface area contributed by atoms with Gasteiger partial charge in [-0.2, -0.15) is 0 Å². The minimum atomic E-state index is 0.109. The Bertz CT molecular complexity index is 793. The number of likely N-dealkylation sites (N-methyl/N-ethyl adjacent to an activating group) is 1. The number of fused-ring (bicyclic) bond motifs is 1. The van der Waals surface area contributed by atoms with Gasteiger partial charge in [0.2, 0.25) is 5.91 Å². The number of nitrogens with one attached hydrogen (secondary N) is 2. The summed E-state index contributed by atoms with van der Waals surface area (Å²) >= 11 is 0. The number of amides is 1. The van der Waals surface area contributed by atoms with Crippen molar-refractivity contribution >= 4 is 16.8 Å². The van der Waals surface area contributed by atoms with Gasteiger partial charge in [-0.05, 0) is 58.0 Å². The molecular weight excluding hydrogens is 324 g/mol. The molecule has 1 aromatic carbocycles. The molecule has 2 heterocycles. The van der Waals surface area contributed by atoms with Crippen molar-refractivity contribution in [2.24, 2.45) is 0 Å². The molecule has 5 nitrogen and oxygen atoms in total. The Balaban J connectivity index is 1.65. The summed E-state index contributed by atoms with van der Waals surface area (Å²) in [7, 11) is 4.22. The maximum atomic E-state index is 12.4. The predicted molar refractivity (Wildman–Crippen MR) is 108 cm³/mol. The van der Waals surface area contributed by atoms with Crippen LogP contribution in [0.25, 0.3) is 10.9 Å². The summed E-state index contributed by atoms with van der Waals surface area (Å²) in [5, 5.41) is 4.40. The molecule has 0 aliphatic carbocycles. The van der Waals surface area contributed by atoms with Crippen molar-refractivity contribution in [1.29, 1.82) is 0 Å². The highest BCUT2D eigenvalue weighted by atomic mass is 16.2. The van der Waals surface area contributed by atoms with Crippen molar-refractivity contribution in [3.8, 4) is 0 Å². The van der Waals surface area contributed by atoms with Gasteiger partial charge in [-0.1, -0.05) is 18.6 Å². The zero-order chi connectivity index (χ0) is 18.8. The lowest BCUT2D eigenvalue weighted by atomic mass is 10.0. The van der Waals surface area contributed by atoms with Gasteiger partial charge in [-0.15, -0.1) is 0 Å². The maximum absolute atomic E-state index is 12.4. The number of nitrogens with zero attached hydrogens (tertiary/aromatic N) is 2. The molecule has 26 heavy (non-hydrogen) atoms. The van der Waals surface area contributed by atoms with Crippen LogP contribution >= 0.6 is 0 Å². The minimum Gasteiger partial charge on any atom is -0.358 e. The van der Waals surface area contributed by atoms with E-state index in [0.29, 0.717) is 19.1 Å². The zero-order valence-corrected chi connectivity index (χ0v) is 16.8. The van der Waals surface area contributed by atoms with Crippen LogP contribution < -0.4 is 5.32 Å². The largest absolute Gasteiger partial charge is 0.358 e. The van der Waals surface area contributed by atoms with E-state index in [9.17, 15) is 4.79 Å². The fourth-order valence-corrected chi connectivity index (χ4v) is 4.04. The number of aromatic amines is 1. The summed E-state index contributed by atoms with van der Waals surface area (Å²) in [6.45, 7) is 9.51. The van der Waals surface area contributed by atoms with Crippen LogP contribution in [0.4, 0.5) is 0 Å². The Morgan fingerprint density at radius 1 is 1.35 bits per heavy atom. The summed E-state index contributed by atoms with van der Waals surface area (Å²) in [6.07, 6.45) is 2.13. The first-order valence-electron chi connectivity index (χ1n) is 9.65. The molecule has 0 unspecified atom stereocenters. The number of likely N-dealkylation sites (tertiary alicyclic amines) is 1. The lowest BCUT2D eigenvalue weighted by Gasteiger charge is -2.20. The van der Waals surface area contributed by atoms with Gasteiger partial charge in [0.1, 0.15) is 0 Å². The van der Waals surface area contributed by atoms with Crippen molar-refractivity contribution in [3.05, 3.63) is 34.5 Å². The maximum Gasteiger partial charge on any atom is 0.234 e. The summed E-state index contributed by atoms with van der Waals surface area (Å²) in [5.41, 5.74) is 6.18. The Kier molecular flexibility index (Phi) is 5.68. The molecular formula is C21H32N4O. The van der Waals surface area contributed by atoms with E-state index in [1.54, 1.807) is 0 Å². The average Bonchev–Trinajstić information content (AvgIpc) is 3.18. The molecule has 1 saturated heterocycles. The second-order valence-corrected chi connectivity index (χ2v) is 7.85. The van der Waals surface area contributed by atoms with Gasteiger partial charge in [-0.3, -0.25) is 9.69 Å². The molecule has 0 spiro atoms. The van der Waals surface area contributed by atoms with E-state index in [-0.39, 0.29) is 5.91 Å². The Morgan fingerprint density at radius 3 is 2.77 bits per heavy atom. The average molecular weight is 357 g/mol. The van der Waals surface area contributed by atoms with E-state index in [1.807, 2.05) is 0 Å². The Morgan fingerprint density at radius 2 is 2.12 bits per heavy atom. The summed E-state index contributed by atoms with van der Waals surface area (Å²) in [4.78, 5) is 20.5. The molecule has 3 rings (SSSR count). The third-order valence-electron chi connectivity index (χ3n) is 5.67. The van der Waals surface area contributed by atoms with Gasteiger partial charge >= 0.3 is 0 Å². The van der Waals surface area contributed by atoms with E-state index >= 15 is 0 Å². The number of aryl methyl sites for hydroxylation is 3. The lowest BCUT2D eigenvalue weighted by molar-refractivity contribution is -0.122. The van der Waals surface area contributed by atoms with E-state index in [2.05, 4.69) is 67.1 Å². The first-order valence-corrected chi connectivity index (χ1v) is 9.65. The molecule has 1 aliphatic heterocycles. The molecule has 2 N–H and O–H groups in total. The second-order valence-electron chi connectivity index (χ2n) is 7.85. The van der Waals surface area contributed by atoms with Gasteiger partial charge in [0.05, 0.1) is 12.1 Å². The number of hydrogen-bond donors (Lipinski definition) is 2. The molecule has 0 bridgehead atoms. The number of H-pyrrole nitrogens is 1. The highest BCUT2D eigenvalue weighted by molar-refractivity contribution is 5.88. The monoisotopic (exact) mass is 356 g/mol. The molecule has 5 heteroatoms. The molecule has 1 aromatic heterocycles. The van der Waals surface area contributed by atoms with Crippen molar-refractivity contribution in [3.63, 3.8) is 0 Å². The van der Waals surface area contributed by atoms with Crippen molar-refractivity contribution in [1.82, 2.24) is 20.1 Å². The Hall–Kier alpha value is -1.85. The van der Waals surface area contributed by atoms with E-state index in [4.69, 9.17) is 0 Å². The fourth-order valence-electron chi connectivity index (χ4n) is 4.04. The standard InChI is InChI=1S/C21H32N4O/c1-6-19-15(3)18-10-14(2)9-16(21(18)23-19)11-22-20(26)13-25-8-7-17(12-25)24(4)5/h9-10,17,23H,6-8,11-13H2,1-5H3,(H,22,26)/t17-/m0/s1. The fraction of sp³-hybridized carbons (Fsp3) is 0.571. The van der Waals surface area contributed by atoms with Crippen LogP contribution in [-0.2, 0) is 17.8 Å². The van der Waals surface area contributed by atoms with E-state index in [0.717, 1.165) is 25.9 Å². The number of carbonyl (C=O) groups excluding carboxylic acids is 1. The number of benzene rings is 1. The third kappa shape index (κ3) is 3.94. The van der Waals surface area contributed by atoms with Crippen LogP contribution in [0.5, 0.6) is 0 Å². The van der Waals surface area contributed by atoms with Crippen LogP contribution in [0, 0.1) is 13.8 Å². The zero-order valence-electron chi connectivity index (χ0n) is 16.8. The van der Waals surface area contributed by atoms with Gasteiger partial charge < -0.3 is 15.2 Å². The topological polar surface area (TPSA) is 51.4 Å². The summed E-state index contributed by atoms with van der Waals surface area (Å²) in [5.74, 6) is 0.109. The lowest BCUT2D eigenvalue weighted by Crippen LogP contribution is -2.38. The quantitative estimate of drug-likeness (QED) is 0.836. The smallest absolute Gasteiger partial charge is 0.234 e. The van der Waals surface area contributed by atoms with E-state index in [1.165, 1.54) is 33.3 Å². The van der Waals surface area contributed by atoms with Crippen LogP contribution in [-0.4, -0.2) is 60.5 Å². The van der Waals surface area contributed by atoms with E-state index < -0.39 is 0 Å². The number of aromatic nitrogens is 1. The Labute approximate surface area is 156 Å². The number of rotatable bonds is 6. The van der Waals surface area contributed by atoms with Gasteiger partial charge in [-0.25, -0.2) is 0 Å². The third-order valence-corrected chi connectivity index (χ3v) is 5.67. The number of hydrogen-bond acceptors (Lipinski definition) is 3. The minimum absolute atomic E-state index is 0.109. The van der Waals surface area contributed by atoms with Crippen molar-refractivity contribution in [2.75, 3.05) is 33.7 Å². The molecule has 1 aliphatic rings. The molecule has 0 saturated carbocycles. The summed E-state index contributed by atoms with van der Waals surface area (Å²) in [6, 6.07) is 4.97. The first-order chi connectivity index (χ1) is 12.4. The molecule has 2 aromatic rings.